The molecule has 2 aliphatic rings. The lowest BCUT2D eigenvalue weighted by Crippen LogP contribution is -2.49. The number of nitrogens with one attached hydrogen (secondary N) is 1. The zero-order chi connectivity index (χ0) is 19.2. The summed E-state index contributed by atoms with van der Waals surface area (Å²) < 4.78 is 5.12. The molecule has 0 bridgehead atoms. The third-order valence-corrected chi connectivity index (χ3v) is 5.44. The second-order valence-electron chi connectivity index (χ2n) is 7.84. The van der Waals surface area contributed by atoms with Gasteiger partial charge < -0.3 is 19.9 Å². The van der Waals surface area contributed by atoms with Gasteiger partial charge in [0.25, 0.3) is 0 Å². The minimum atomic E-state index is -0.591. The van der Waals surface area contributed by atoms with Crippen molar-refractivity contribution in [3.05, 3.63) is 0 Å². The average molecular weight is 364 g/mol. The molecule has 2 saturated heterocycles. The van der Waals surface area contributed by atoms with Gasteiger partial charge in [-0.05, 0) is 66.0 Å². The number of piperidine rings is 1. The van der Waals surface area contributed by atoms with Crippen LogP contribution in [0.5, 0.6) is 0 Å². The van der Waals surface area contributed by atoms with E-state index in [1.807, 2.05) is 25.7 Å². The molecule has 0 aliphatic carbocycles. The number of hydrogen-bond donors (Lipinski definition) is 1. The Hall–Kier alpha value is -1.74. The van der Waals surface area contributed by atoms with Gasteiger partial charge in [-0.1, -0.05) is 5.92 Å². The summed E-state index contributed by atoms with van der Waals surface area (Å²) in [4.78, 5) is 28.6. The highest BCUT2D eigenvalue weighted by molar-refractivity contribution is 5.80. The molecule has 0 saturated carbocycles. The number of rotatable bonds is 4. The molecule has 6 heteroatoms. The van der Waals surface area contributed by atoms with Crippen molar-refractivity contribution in [1.29, 1.82) is 0 Å². The number of carbonyl (C=O) groups is 2. The zero-order valence-corrected chi connectivity index (χ0v) is 16.4. The van der Waals surface area contributed by atoms with Crippen molar-refractivity contribution in [2.24, 2.45) is 5.92 Å². The summed E-state index contributed by atoms with van der Waals surface area (Å²) >= 11 is 0. The fraction of sp³-hybridized carbons (Fsp3) is 0.800. The first-order valence-electron chi connectivity index (χ1n) is 9.82. The van der Waals surface area contributed by atoms with E-state index in [4.69, 9.17) is 11.2 Å². The van der Waals surface area contributed by atoms with E-state index in [0.717, 1.165) is 58.3 Å². The maximum atomic E-state index is 12.4. The Morgan fingerprint density at radius 2 is 1.85 bits per heavy atom. The lowest BCUT2D eigenvalue weighted by molar-refractivity contribution is -0.127. The number of terminal acetylenes is 1. The molecule has 1 atom stereocenters. The quantitative estimate of drug-likeness (QED) is 0.778. The first-order chi connectivity index (χ1) is 12.4. The predicted octanol–water partition coefficient (Wildman–Crippen LogP) is 2.24. The summed E-state index contributed by atoms with van der Waals surface area (Å²) in [5.74, 6) is 2.73. The second-order valence-corrected chi connectivity index (χ2v) is 7.84. The van der Waals surface area contributed by atoms with Crippen LogP contribution in [0.15, 0.2) is 0 Å². The van der Waals surface area contributed by atoms with Crippen molar-refractivity contribution < 1.29 is 14.3 Å². The number of nitrogens with zero attached hydrogens (tertiary/aromatic N) is 2. The highest BCUT2D eigenvalue weighted by atomic mass is 16.6. The van der Waals surface area contributed by atoms with Crippen LogP contribution in [0.25, 0.3) is 0 Å². The number of hydrogen-bond acceptors (Lipinski definition) is 4. The molecule has 2 rings (SSSR count). The molecule has 2 heterocycles. The van der Waals surface area contributed by atoms with Crippen molar-refractivity contribution in [2.45, 2.75) is 64.5 Å². The zero-order valence-electron chi connectivity index (χ0n) is 16.4. The number of carbonyl (C=O) groups excluding carboxylic acids is 2. The Kier molecular flexibility index (Phi) is 7.33. The van der Waals surface area contributed by atoms with Crippen LogP contribution in [-0.4, -0.2) is 66.2 Å². The standard InChI is InChI=1S/C20H33N3O3/c1-5-20(3,4)21-18(24)16-9-13-22(14-10-16)17-8-7-12-23(15-11-17)19(25)26-6-2/h1,16-17H,6-15H2,2-4H3,(H,21,24). The Balaban J connectivity index is 1.80. The summed E-state index contributed by atoms with van der Waals surface area (Å²) in [5, 5.41) is 2.96. The predicted molar refractivity (Wildman–Crippen MR) is 102 cm³/mol. The van der Waals surface area contributed by atoms with Crippen molar-refractivity contribution in [2.75, 3.05) is 32.8 Å². The van der Waals surface area contributed by atoms with Crippen LogP contribution in [0.2, 0.25) is 0 Å². The molecule has 26 heavy (non-hydrogen) atoms. The molecular formula is C20H33N3O3. The summed E-state index contributed by atoms with van der Waals surface area (Å²) in [5.41, 5.74) is -0.591. The maximum Gasteiger partial charge on any atom is 0.409 e. The van der Waals surface area contributed by atoms with Gasteiger partial charge in [-0.25, -0.2) is 4.79 Å². The third-order valence-electron chi connectivity index (χ3n) is 5.44. The SMILES string of the molecule is C#CC(C)(C)NC(=O)C1CCN(C2CCCN(C(=O)OCC)CC2)CC1. The molecule has 146 valence electrons. The van der Waals surface area contributed by atoms with Gasteiger partial charge in [-0.15, -0.1) is 6.42 Å². The van der Waals surface area contributed by atoms with E-state index in [1.165, 1.54) is 0 Å². The van der Waals surface area contributed by atoms with Crippen LogP contribution in [0.3, 0.4) is 0 Å². The molecule has 1 N–H and O–H groups in total. The van der Waals surface area contributed by atoms with Crippen molar-refractivity contribution in [1.82, 2.24) is 15.1 Å². The Labute approximate surface area is 157 Å². The number of ether oxygens (including phenoxy) is 1. The van der Waals surface area contributed by atoms with Crippen molar-refractivity contribution in [3.63, 3.8) is 0 Å². The third kappa shape index (κ3) is 5.63. The van der Waals surface area contributed by atoms with Crippen LogP contribution >= 0.6 is 0 Å². The largest absolute Gasteiger partial charge is 0.450 e. The average Bonchev–Trinajstić information content (AvgIpc) is 2.88. The summed E-state index contributed by atoms with van der Waals surface area (Å²) in [6, 6.07) is 0.487. The Morgan fingerprint density at radius 1 is 1.15 bits per heavy atom. The molecular weight excluding hydrogens is 330 g/mol. The van der Waals surface area contributed by atoms with Crippen LogP contribution < -0.4 is 5.32 Å². The molecule has 0 aromatic heterocycles. The van der Waals surface area contributed by atoms with Gasteiger partial charge in [0.15, 0.2) is 0 Å². The maximum absolute atomic E-state index is 12.4. The van der Waals surface area contributed by atoms with Gasteiger partial charge in [0.2, 0.25) is 5.91 Å². The normalized spacial score (nSPS) is 23.0. The van der Waals surface area contributed by atoms with Crippen molar-refractivity contribution in [3.8, 4) is 12.3 Å². The smallest absolute Gasteiger partial charge is 0.409 e. The molecule has 2 fully saturated rings. The number of likely N-dealkylation sites (tertiary alicyclic amines) is 2. The Morgan fingerprint density at radius 3 is 2.46 bits per heavy atom. The van der Waals surface area contributed by atoms with Gasteiger partial charge in [0.05, 0.1) is 12.1 Å². The molecule has 1 unspecified atom stereocenters. The summed E-state index contributed by atoms with van der Waals surface area (Å²) in [7, 11) is 0. The van der Waals surface area contributed by atoms with E-state index in [0.29, 0.717) is 12.6 Å². The van der Waals surface area contributed by atoms with Gasteiger partial charge in [-0.3, -0.25) is 4.79 Å². The molecule has 0 radical (unpaired) electrons. The van der Waals surface area contributed by atoms with Crippen LogP contribution in [-0.2, 0) is 9.53 Å². The first-order valence-corrected chi connectivity index (χ1v) is 9.82. The molecule has 2 amide bonds. The van der Waals surface area contributed by atoms with Crippen molar-refractivity contribution >= 4 is 12.0 Å². The van der Waals surface area contributed by atoms with Gasteiger partial charge in [0.1, 0.15) is 0 Å². The van der Waals surface area contributed by atoms with E-state index in [1.54, 1.807) is 0 Å². The molecule has 0 spiro atoms. The fourth-order valence-electron chi connectivity index (χ4n) is 3.81. The van der Waals surface area contributed by atoms with Crippen LogP contribution in [0.1, 0.15) is 52.9 Å². The lowest BCUT2D eigenvalue weighted by Gasteiger charge is -2.37. The highest BCUT2D eigenvalue weighted by Gasteiger charge is 2.32. The first kappa shape index (κ1) is 20.6. The minimum absolute atomic E-state index is 0.0423. The van der Waals surface area contributed by atoms with Crippen LogP contribution in [0.4, 0.5) is 4.79 Å². The Bertz CT molecular complexity index is 533. The fourth-order valence-corrected chi connectivity index (χ4v) is 3.81. The van der Waals surface area contributed by atoms with E-state index in [9.17, 15) is 9.59 Å². The van der Waals surface area contributed by atoms with E-state index < -0.39 is 5.54 Å². The van der Waals surface area contributed by atoms with Gasteiger partial charge >= 0.3 is 6.09 Å². The molecule has 2 aliphatic heterocycles. The van der Waals surface area contributed by atoms with Gasteiger partial charge in [-0.2, -0.15) is 0 Å². The number of amides is 2. The lowest BCUT2D eigenvalue weighted by atomic mass is 9.92. The molecule has 0 aromatic carbocycles. The van der Waals surface area contributed by atoms with Crippen LogP contribution in [0, 0.1) is 18.3 Å². The monoisotopic (exact) mass is 363 g/mol. The molecule has 0 aromatic rings. The highest BCUT2D eigenvalue weighted by Crippen LogP contribution is 2.25. The van der Waals surface area contributed by atoms with Gasteiger partial charge in [0, 0.05) is 25.0 Å². The van der Waals surface area contributed by atoms with E-state index in [2.05, 4.69) is 16.1 Å². The summed E-state index contributed by atoms with van der Waals surface area (Å²) in [6.45, 7) is 9.34. The second kappa shape index (κ2) is 9.27. The minimum Gasteiger partial charge on any atom is -0.450 e. The summed E-state index contributed by atoms with van der Waals surface area (Å²) in [6.07, 6.45) is 10.1. The van der Waals surface area contributed by atoms with E-state index >= 15 is 0 Å². The molecule has 6 nitrogen and oxygen atoms in total. The topological polar surface area (TPSA) is 61.9 Å². The van der Waals surface area contributed by atoms with E-state index in [-0.39, 0.29) is 17.9 Å².